The Morgan fingerprint density at radius 2 is 2.11 bits per heavy atom. The second kappa shape index (κ2) is 3.67. The van der Waals surface area contributed by atoms with Crippen molar-refractivity contribution in [1.82, 2.24) is 5.48 Å². The van der Waals surface area contributed by atoms with Crippen LogP contribution in [0.2, 0.25) is 0 Å². The summed E-state index contributed by atoms with van der Waals surface area (Å²) in [6.07, 6.45) is 0. The van der Waals surface area contributed by atoms with Gasteiger partial charge in [-0.1, -0.05) is 4.99 Å². The standard InChI is InChI=1S/C3H6N2O4/c1-2(6)8-9-5-3(4)7/h1H3,(H3,4,5,7). The Hall–Kier alpha value is -1.30. The Kier molecular flexibility index (Phi) is 3.14. The molecule has 0 aromatic heterocycles. The number of carbonyl (C=O) groups is 2. The molecular weight excluding hydrogens is 128 g/mol. The molecule has 0 spiro atoms. The van der Waals surface area contributed by atoms with E-state index in [-0.39, 0.29) is 0 Å². The zero-order valence-corrected chi connectivity index (χ0v) is 4.71. The summed E-state index contributed by atoms with van der Waals surface area (Å²) in [5.74, 6) is -0.677. The minimum atomic E-state index is -0.934. The molecule has 3 N–H and O–H groups in total. The van der Waals surface area contributed by atoms with Crippen LogP contribution >= 0.6 is 0 Å². The van der Waals surface area contributed by atoms with Crippen molar-refractivity contribution in [2.75, 3.05) is 0 Å². The highest BCUT2D eigenvalue weighted by Gasteiger charge is 1.93. The van der Waals surface area contributed by atoms with E-state index in [0.717, 1.165) is 6.92 Å². The third-order valence-electron chi connectivity index (χ3n) is 0.301. The molecule has 0 saturated carbocycles. The molecule has 0 aliphatic carbocycles. The molecule has 0 heterocycles. The number of nitrogens with one attached hydrogen (secondary N) is 1. The molecule has 2 amide bonds. The van der Waals surface area contributed by atoms with Gasteiger partial charge in [-0.3, -0.25) is 4.89 Å². The number of rotatable bonds is 2. The van der Waals surface area contributed by atoms with E-state index in [2.05, 4.69) is 15.6 Å². The second-order valence-electron chi connectivity index (χ2n) is 1.12. The first kappa shape index (κ1) is 7.70. The van der Waals surface area contributed by atoms with Crippen molar-refractivity contribution in [3.8, 4) is 0 Å². The smallest absolute Gasteiger partial charge is 0.342 e. The summed E-state index contributed by atoms with van der Waals surface area (Å²) in [4.78, 5) is 27.2. The minimum absolute atomic E-state index is 0.677. The van der Waals surface area contributed by atoms with Crippen LogP contribution in [-0.4, -0.2) is 12.0 Å². The molecule has 0 aromatic rings. The van der Waals surface area contributed by atoms with Crippen molar-refractivity contribution in [2.45, 2.75) is 6.92 Å². The van der Waals surface area contributed by atoms with Crippen LogP contribution in [0.25, 0.3) is 0 Å². The van der Waals surface area contributed by atoms with E-state index < -0.39 is 12.0 Å². The van der Waals surface area contributed by atoms with Crippen LogP contribution in [-0.2, 0) is 14.7 Å². The van der Waals surface area contributed by atoms with Crippen molar-refractivity contribution in [2.24, 2.45) is 5.73 Å². The molecule has 0 rings (SSSR count). The third-order valence-corrected chi connectivity index (χ3v) is 0.301. The number of urea groups is 1. The maximum Gasteiger partial charge on any atom is 0.342 e. The largest absolute Gasteiger partial charge is 0.350 e. The molecule has 6 nitrogen and oxygen atoms in total. The molecule has 0 aliphatic heterocycles. The van der Waals surface area contributed by atoms with Crippen LogP contribution in [0.3, 0.4) is 0 Å². The fourth-order valence-electron chi connectivity index (χ4n) is 0.121. The SMILES string of the molecule is CC(=O)OONC(N)=O. The van der Waals surface area contributed by atoms with Crippen LogP contribution in [0, 0.1) is 0 Å². The monoisotopic (exact) mass is 134 g/mol. The maximum atomic E-state index is 9.89. The van der Waals surface area contributed by atoms with Gasteiger partial charge in [0.1, 0.15) is 0 Å². The number of primary amides is 1. The Balaban J connectivity index is 3.10. The van der Waals surface area contributed by atoms with E-state index in [1.54, 1.807) is 5.48 Å². The number of hydrogen-bond donors (Lipinski definition) is 2. The summed E-state index contributed by atoms with van der Waals surface area (Å²) >= 11 is 0. The van der Waals surface area contributed by atoms with E-state index in [1.165, 1.54) is 0 Å². The van der Waals surface area contributed by atoms with Crippen molar-refractivity contribution in [3.63, 3.8) is 0 Å². The van der Waals surface area contributed by atoms with Gasteiger partial charge >= 0.3 is 12.0 Å². The first-order valence-corrected chi connectivity index (χ1v) is 2.02. The highest BCUT2D eigenvalue weighted by molar-refractivity contribution is 5.70. The topological polar surface area (TPSA) is 90.7 Å². The molecule has 0 unspecified atom stereocenters. The highest BCUT2D eigenvalue weighted by Crippen LogP contribution is 1.72. The predicted molar refractivity (Wildman–Crippen MR) is 25.6 cm³/mol. The van der Waals surface area contributed by atoms with E-state index >= 15 is 0 Å². The summed E-state index contributed by atoms with van der Waals surface area (Å²) < 4.78 is 0. The molecule has 0 radical (unpaired) electrons. The lowest BCUT2D eigenvalue weighted by molar-refractivity contribution is -0.295. The Morgan fingerprint density at radius 3 is 2.44 bits per heavy atom. The first-order valence-electron chi connectivity index (χ1n) is 2.02. The Labute approximate surface area is 50.8 Å². The van der Waals surface area contributed by atoms with Gasteiger partial charge < -0.3 is 5.73 Å². The van der Waals surface area contributed by atoms with Crippen molar-refractivity contribution >= 4 is 12.0 Å². The maximum absolute atomic E-state index is 9.89. The molecule has 0 fully saturated rings. The average Bonchev–Trinajstić information content (AvgIpc) is 1.63. The zero-order chi connectivity index (χ0) is 7.28. The van der Waals surface area contributed by atoms with Gasteiger partial charge in [-0.05, 0) is 0 Å². The van der Waals surface area contributed by atoms with Gasteiger partial charge in [0, 0.05) is 6.92 Å². The minimum Gasteiger partial charge on any atom is -0.350 e. The molecule has 0 atom stereocenters. The fourth-order valence-corrected chi connectivity index (χ4v) is 0.121. The first-order chi connectivity index (χ1) is 4.13. The van der Waals surface area contributed by atoms with Gasteiger partial charge in [-0.15, -0.1) is 0 Å². The van der Waals surface area contributed by atoms with Gasteiger partial charge in [-0.25, -0.2) is 9.59 Å². The van der Waals surface area contributed by atoms with Gasteiger partial charge in [0.15, 0.2) is 0 Å². The number of nitrogens with two attached hydrogens (primary N) is 1. The lowest BCUT2D eigenvalue weighted by Gasteiger charge is -1.96. The van der Waals surface area contributed by atoms with Crippen LogP contribution in [0.1, 0.15) is 6.92 Å². The van der Waals surface area contributed by atoms with Crippen molar-refractivity contribution < 1.29 is 19.5 Å². The van der Waals surface area contributed by atoms with E-state index in [1.807, 2.05) is 0 Å². The summed E-state index contributed by atoms with van der Waals surface area (Å²) in [6, 6.07) is -0.934. The quantitative estimate of drug-likeness (QED) is 0.377. The van der Waals surface area contributed by atoms with Gasteiger partial charge in [0.05, 0.1) is 0 Å². The normalized spacial score (nSPS) is 8.11. The highest BCUT2D eigenvalue weighted by atomic mass is 17.3. The molecule has 9 heavy (non-hydrogen) atoms. The summed E-state index contributed by atoms with van der Waals surface area (Å²) in [7, 11) is 0. The number of amides is 2. The zero-order valence-electron chi connectivity index (χ0n) is 4.71. The Morgan fingerprint density at radius 1 is 1.56 bits per heavy atom. The predicted octanol–water partition coefficient (Wildman–Crippen LogP) is -0.936. The van der Waals surface area contributed by atoms with E-state index in [4.69, 9.17) is 0 Å². The second-order valence-corrected chi connectivity index (χ2v) is 1.12. The molecule has 0 saturated heterocycles. The molecule has 52 valence electrons. The fraction of sp³-hybridized carbons (Fsp3) is 0.333. The Bertz CT molecular complexity index is 109. The third kappa shape index (κ3) is 6.70. The summed E-state index contributed by atoms with van der Waals surface area (Å²) in [6.45, 7) is 1.11. The van der Waals surface area contributed by atoms with Crippen LogP contribution in [0.4, 0.5) is 4.79 Å². The lowest BCUT2D eigenvalue weighted by atomic mass is 10.9. The molecule has 0 aromatic carbocycles. The van der Waals surface area contributed by atoms with Crippen LogP contribution in [0.15, 0.2) is 0 Å². The molecule has 6 heteroatoms. The van der Waals surface area contributed by atoms with Crippen LogP contribution in [0.5, 0.6) is 0 Å². The van der Waals surface area contributed by atoms with Gasteiger partial charge in [0.25, 0.3) is 0 Å². The van der Waals surface area contributed by atoms with Gasteiger partial charge in [-0.2, -0.15) is 5.48 Å². The van der Waals surface area contributed by atoms with Crippen molar-refractivity contribution in [3.05, 3.63) is 0 Å². The number of hydrogen-bond acceptors (Lipinski definition) is 4. The molecular formula is C3H6N2O4. The summed E-state index contributed by atoms with van der Waals surface area (Å²) in [5, 5.41) is 0. The van der Waals surface area contributed by atoms with E-state index in [9.17, 15) is 9.59 Å². The van der Waals surface area contributed by atoms with E-state index in [0.29, 0.717) is 0 Å². The van der Waals surface area contributed by atoms with Gasteiger partial charge in [0.2, 0.25) is 0 Å². The molecule has 0 bridgehead atoms. The van der Waals surface area contributed by atoms with Crippen LogP contribution < -0.4 is 11.2 Å². The average molecular weight is 134 g/mol. The lowest BCUT2D eigenvalue weighted by Crippen LogP contribution is -2.30. The number of hydroxylamine groups is 1. The van der Waals surface area contributed by atoms with Crippen molar-refractivity contribution in [1.29, 1.82) is 0 Å². The molecule has 0 aliphatic rings. The summed E-state index contributed by atoms with van der Waals surface area (Å²) in [5.41, 5.74) is 6.08. The number of carbonyl (C=O) groups excluding carboxylic acids is 2.